The molecule has 1 fully saturated rings. The molecule has 1 saturated carbocycles. The molecule has 1 amide bonds. The van der Waals surface area contributed by atoms with Gasteiger partial charge in [0, 0.05) is 31.4 Å². The van der Waals surface area contributed by atoms with Crippen molar-refractivity contribution in [3.8, 4) is 17.1 Å². The van der Waals surface area contributed by atoms with Gasteiger partial charge in [0.1, 0.15) is 5.52 Å². The Hall–Kier alpha value is -3.49. The first kappa shape index (κ1) is 21.7. The highest BCUT2D eigenvalue weighted by molar-refractivity contribution is 5.81. The molecule has 3 heterocycles. The number of hydrogen-bond donors (Lipinski definition) is 2. The van der Waals surface area contributed by atoms with Crippen LogP contribution in [0.3, 0.4) is 0 Å². The molecule has 0 spiro atoms. The van der Waals surface area contributed by atoms with Crippen LogP contribution in [0.2, 0.25) is 0 Å². The lowest BCUT2D eigenvalue weighted by atomic mass is 9.89. The number of carbonyl (C=O) groups is 1. The molecule has 0 bridgehead atoms. The molecule has 0 aromatic carbocycles. The maximum atomic E-state index is 13.3. The van der Waals surface area contributed by atoms with Crippen LogP contribution in [0.15, 0.2) is 35.3 Å². The van der Waals surface area contributed by atoms with Gasteiger partial charge in [-0.05, 0) is 37.0 Å². The van der Waals surface area contributed by atoms with Gasteiger partial charge in [0.2, 0.25) is 11.8 Å². The SMILES string of the molecule is CNC(=O)CNc1nc2ccc(-c3ccc(OC)nc3)nc2n(CC2CCCCC2)c1=O. The van der Waals surface area contributed by atoms with Crippen molar-refractivity contribution in [2.45, 2.75) is 38.6 Å². The normalized spacial score (nSPS) is 14.3. The number of nitrogens with one attached hydrogen (secondary N) is 2. The molecule has 9 heteroatoms. The summed E-state index contributed by atoms with van der Waals surface area (Å²) in [7, 11) is 3.13. The molecule has 1 aliphatic rings. The second-order valence-electron chi connectivity index (χ2n) is 8.04. The van der Waals surface area contributed by atoms with E-state index in [9.17, 15) is 9.59 Å². The Bertz CT molecular complexity index is 1150. The Kier molecular flexibility index (Phi) is 6.63. The summed E-state index contributed by atoms with van der Waals surface area (Å²) in [6, 6.07) is 7.37. The van der Waals surface area contributed by atoms with Crippen LogP contribution in [0.1, 0.15) is 32.1 Å². The van der Waals surface area contributed by atoms with Crippen molar-refractivity contribution < 1.29 is 9.53 Å². The lowest BCUT2D eigenvalue weighted by Crippen LogP contribution is -2.32. The van der Waals surface area contributed by atoms with Crippen LogP contribution in [0.4, 0.5) is 5.82 Å². The summed E-state index contributed by atoms with van der Waals surface area (Å²) in [4.78, 5) is 38.5. The molecule has 168 valence electrons. The lowest BCUT2D eigenvalue weighted by molar-refractivity contribution is -0.118. The molecular weight excluding hydrogens is 408 g/mol. The molecular formula is C23H28N6O3. The van der Waals surface area contributed by atoms with Gasteiger partial charge in [-0.1, -0.05) is 19.3 Å². The van der Waals surface area contributed by atoms with E-state index in [1.165, 1.54) is 19.3 Å². The predicted octanol–water partition coefficient (Wildman–Crippen LogP) is 2.60. The van der Waals surface area contributed by atoms with Crippen molar-refractivity contribution >= 4 is 22.9 Å². The number of ether oxygens (including phenoxy) is 1. The van der Waals surface area contributed by atoms with E-state index >= 15 is 0 Å². The van der Waals surface area contributed by atoms with Crippen LogP contribution in [0, 0.1) is 5.92 Å². The summed E-state index contributed by atoms with van der Waals surface area (Å²) in [5.74, 6) is 0.896. The number of amides is 1. The third kappa shape index (κ3) is 4.71. The Morgan fingerprint density at radius 3 is 2.66 bits per heavy atom. The zero-order valence-electron chi connectivity index (χ0n) is 18.4. The van der Waals surface area contributed by atoms with Crippen molar-refractivity contribution in [1.29, 1.82) is 0 Å². The Morgan fingerprint density at radius 2 is 1.97 bits per heavy atom. The van der Waals surface area contributed by atoms with E-state index in [4.69, 9.17) is 9.72 Å². The molecule has 0 aliphatic heterocycles. The largest absolute Gasteiger partial charge is 0.481 e. The predicted molar refractivity (Wildman–Crippen MR) is 123 cm³/mol. The number of carbonyl (C=O) groups excluding carboxylic acids is 1. The van der Waals surface area contributed by atoms with Crippen molar-refractivity contribution in [1.82, 2.24) is 24.8 Å². The molecule has 1 aliphatic carbocycles. The highest BCUT2D eigenvalue weighted by Gasteiger charge is 2.19. The molecule has 9 nitrogen and oxygen atoms in total. The molecule has 0 atom stereocenters. The lowest BCUT2D eigenvalue weighted by Gasteiger charge is -2.23. The van der Waals surface area contributed by atoms with E-state index in [0.29, 0.717) is 35.2 Å². The van der Waals surface area contributed by atoms with E-state index in [1.54, 1.807) is 31.0 Å². The number of aromatic nitrogens is 4. The first-order valence-corrected chi connectivity index (χ1v) is 11.0. The van der Waals surface area contributed by atoms with Gasteiger partial charge < -0.3 is 15.4 Å². The summed E-state index contributed by atoms with van der Waals surface area (Å²) in [5.41, 5.74) is 2.41. The van der Waals surface area contributed by atoms with Gasteiger partial charge in [-0.3, -0.25) is 14.2 Å². The number of fused-ring (bicyclic) bond motifs is 1. The average Bonchev–Trinajstić information content (AvgIpc) is 2.85. The number of rotatable bonds is 7. The molecule has 4 rings (SSSR count). The summed E-state index contributed by atoms with van der Waals surface area (Å²) in [5, 5.41) is 5.42. The highest BCUT2D eigenvalue weighted by Crippen LogP contribution is 2.26. The molecule has 3 aromatic rings. The maximum absolute atomic E-state index is 13.3. The second kappa shape index (κ2) is 9.76. The van der Waals surface area contributed by atoms with Crippen LogP contribution < -0.4 is 20.9 Å². The van der Waals surface area contributed by atoms with Crippen molar-refractivity contribution in [2.24, 2.45) is 5.92 Å². The number of nitrogens with zero attached hydrogens (tertiary/aromatic N) is 4. The van der Waals surface area contributed by atoms with Crippen LogP contribution in [0.5, 0.6) is 5.88 Å². The van der Waals surface area contributed by atoms with Crippen molar-refractivity contribution in [2.75, 3.05) is 26.0 Å². The smallest absolute Gasteiger partial charge is 0.294 e. The van der Waals surface area contributed by atoms with Crippen LogP contribution in [-0.4, -0.2) is 46.1 Å². The van der Waals surface area contributed by atoms with Gasteiger partial charge in [-0.2, -0.15) is 0 Å². The zero-order chi connectivity index (χ0) is 22.5. The fourth-order valence-electron chi connectivity index (χ4n) is 4.10. The maximum Gasteiger partial charge on any atom is 0.294 e. The highest BCUT2D eigenvalue weighted by atomic mass is 16.5. The molecule has 2 N–H and O–H groups in total. The third-order valence-electron chi connectivity index (χ3n) is 5.89. The average molecular weight is 437 g/mol. The van der Waals surface area contributed by atoms with E-state index in [-0.39, 0.29) is 23.8 Å². The van der Waals surface area contributed by atoms with E-state index < -0.39 is 0 Å². The summed E-state index contributed by atoms with van der Waals surface area (Å²) < 4.78 is 6.85. The molecule has 0 saturated heterocycles. The van der Waals surface area contributed by atoms with Gasteiger partial charge in [-0.15, -0.1) is 0 Å². The number of anilines is 1. The minimum absolute atomic E-state index is 0.0172. The van der Waals surface area contributed by atoms with Crippen molar-refractivity contribution in [3.63, 3.8) is 0 Å². The summed E-state index contributed by atoms with van der Waals surface area (Å²) in [6.45, 7) is 0.570. The van der Waals surface area contributed by atoms with Gasteiger partial charge in [-0.25, -0.2) is 15.0 Å². The topological polar surface area (TPSA) is 111 Å². The van der Waals surface area contributed by atoms with Crippen molar-refractivity contribution in [3.05, 3.63) is 40.8 Å². The first-order valence-electron chi connectivity index (χ1n) is 11.0. The van der Waals surface area contributed by atoms with Crippen LogP contribution in [-0.2, 0) is 11.3 Å². The molecule has 32 heavy (non-hydrogen) atoms. The van der Waals surface area contributed by atoms with Gasteiger partial charge in [0.05, 0.1) is 19.3 Å². The number of methoxy groups -OCH3 is 1. The minimum Gasteiger partial charge on any atom is -0.481 e. The van der Waals surface area contributed by atoms with E-state index in [2.05, 4.69) is 20.6 Å². The van der Waals surface area contributed by atoms with Gasteiger partial charge in [0.15, 0.2) is 11.5 Å². The summed E-state index contributed by atoms with van der Waals surface area (Å²) in [6.07, 6.45) is 7.50. The van der Waals surface area contributed by atoms with Gasteiger partial charge >= 0.3 is 0 Å². The van der Waals surface area contributed by atoms with Crippen LogP contribution >= 0.6 is 0 Å². The zero-order valence-corrected chi connectivity index (χ0v) is 18.4. The van der Waals surface area contributed by atoms with Crippen LogP contribution in [0.25, 0.3) is 22.4 Å². The minimum atomic E-state index is -0.260. The first-order chi connectivity index (χ1) is 15.6. The standard InChI is InChI=1S/C23H28N6O3/c1-24-19(30)13-26-21-23(31)29(14-15-6-4-3-5-7-15)22-18(27-21)10-9-17(28-22)16-8-11-20(32-2)25-12-16/h8-12,15H,3-7,13-14H2,1-2H3,(H,24,30)(H,26,27). The molecule has 0 radical (unpaired) electrons. The quantitative estimate of drug-likeness (QED) is 0.586. The van der Waals surface area contributed by atoms with E-state index in [1.807, 2.05) is 18.2 Å². The molecule has 0 unspecified atom stereocenters. The monoisotopic (exact) mass is 436 g/mol. The second-order valence-corrected chi connectivity index (χ2v) is 8.04. The molecule has 3 aromatic heterocycles. The fraction of sp³-hybridized carbons (Fsp3) is 0.435. The fourth-order valence-corrected chi connectivity index (χ4v) is 4.10. The van der Waals surface area contributed by atoms with Gasteiger partial charge in [0.25, 0.3) is 5.56 Å². The third-order valence-corrected chi connectivity index (χ3v) is 5.89. The number of pyridine rings is 2. The number of hydrogen-bond acceptors (Lipinski definition) is 7. The summed E-state index contributed by atoms with van der Waals surface area (Å²) >= 11 is 0. The Labute approximate surface area is 186 Å². The number of likely N-dealkylation sites (N-methyl/N-ethyl adjacent to an activating group) is 1. The Balaban J connectivity index is 1.77. The Morgan fingerprint density at radius 1 is 1.16 bits per heavy atom. The van der Waals surface area contributed by atoms with E-state index in [0.717, 1.165) is 18.4 Å².